The summed E-state index contributed by atoms with van der Waals surface area (Å²) in [6.07, 6.45) is 4.95. The average Bonchev–Trinajstić information content (AvgIpc) is 2.93. The summed E-state index contributed by atoms with van der Waals surface area (Å²) in [4.78, 5) is 5.27. The van der Waals surface area contributed by atoms with Crippen molar-refractivity contribution in [3.8, 4) is 0 Å². The highest BCUT2D eigenvalue weighted by atomic mass is 15.2. The first kappa shape index (κ1) is 10.4. The van der Waals surface area contributed by atoms with Crippen molar-refractivity contribution in [2.75, 3.05) is 19.6 Å². The third kappa shape index (κ3) is 4.15. The van der Waals surface area contributed by atoms with Crippen molar-refractivity contribution in [2.24, 2.45) is 5.11 Å². The molecule has 0 bridgehead atoms. The first-order valence-electron chi connectivity index (χ1n) is 5.13. The lowest BCUT2D eigenvalue weighted by atomic mass is 10.3. The van der Waals surface area contributed by atoms with E-state index >= 15 is 0 Å². The largest absolute Gasteiger partial charge is 0.300 e. The van der Waals surface area contributed by atoms with Crippen LogP contribution in [0, 0.1) is 0 Å². The number of hydrogen-bond acceptors (Lipinski definition) is 2. The molecule has 0 aromatic heterocycles. The molecule has 74 valence electrons. The van der Waals surface area contributed by atoms with Gasteiger partial charge in [-0.3, -0.25) is 0 Å². The predicted octanol–water partition coefficient (Wildman–Crippen LogP) is 2.56. The predicted molar refractivity (Wildman–Crippen MR) is 53.5 cm³/mol. The Hall–Kier alpha value is -0.730. The van der Waals surface area contributed by atoms with Crippen molar-refractivity contribution in [3.63, 3.8) is 0 Å². The quantitative estimate of drug-likeness (QED) is 0.258. The maximum absolute atomic E-state index is 8.10. The molecule has 0 saturated heterocycles. The second-order valence-electron chi connectivity index (χ2n) is 3.58. The van der Waals surface area contributed by atoms with Gasteiger partial charge in [0.15, 0.2) is 0 Å². The third-order valence-electron chi connectivity index (χ3n) is 2.34. The molecule has 0 unspecified atom stereocenters. The molecule has 1 aliphatic rings. The molecular formula is C9H18N4. The zero-order valence-corrected chi connectivity index (χ0v) is 8.32. The standard InChI is InChI=1S/C9H18N4/c1-2-7-13(9-4-5-9)8-3-6-11-12-10/h9H,2-8H2,1H3. The van der Waals surface area contributed by atoms with E-state index < -0.39 is 0 Å². The number of azide groups is 1. The van der Waals surface area contributed by atoms with E-state index in [4.69, 9.17) is 5.53 Å². The van der Waals surface area contributed by atoms with E-state index in [1.807, 2.05) is 0 Å². The van der Waals surface area contributed by atoms with Gasteiger partial charge in [0.05, 0.1) is 0 Å². The van der Waals surface area contributed by atoms with Crippen LogP contribution in [0.4, 0.5) is 0 Å². The molecule has 0 atom stereocenters. The van der Waals surface area contributed by atoms with Gasteiger partial charge in [-0.05, 0) is 44.3 Å². The van der Waals surface area contributed by atoms with Crippen LogP contribution in [0.3, 0.4) is 0 Å². The fraction of sp³-hybridized carbons (Fsp3) is 1.00. The van der Waals surface area contributed by atoms with Crippen molar-refractivity contribution in [1.82, 2.24) is 4.90 Å². The van der Waals surface area contributed by atoms with Crippen molar-refractivity contribution < 1.29 is 0 Å². The van der Waals surface area contributed by atoms with Crippen molar-refractivity contribution in [3.05, 3.63) is 10.4 Å². The molecule has 0 heterocycles. The number of rotatable bonds is 7. The number of hydrogen-bond donors (Lipinski definition) is 0. The van der Waals surface area contributed by atoms with Gasteiger partial charge in [0.1, 0.15) is 0 Å². The van der Waals surface area contributed by atoms with Gasteiger partial charge in [0, 0.05) is 17.5 Å². The smallest absolute Gasteiger partial charge is 0.0270 e. The summed E-state index contributed by atoms with van der Waals surface area (Å²) < 4.78 is 0. The summed E-state index contributed by atoms with van der Waals surface area (Å²) in [7, 11) is 0. The molecule has 0 spiro atoms. The lowest BCUT2D eigenvalue weighted by molar-refractivity contribution is 0.262. The Morgan fingerprint density at radius 1 is 1.46 bits per heavy atom. The molecular weight excluding hydrogens is 164 g/mol. The van der Waals surface area contributed by atoms with Crippen LogP contribution in [0.5, 0.6) is 0 Å². The van der Waals surface area contributed by atoms with Crippen LogP contribution in [0.2, 0.25) is 0 Å². The average molecular weight is 182 g/mol. The molecule has 0 amide bonds. The molecule has 1 rings (SSSR count). The zero-order chi connectivity index (χ0) is 9.52. The topological polar surface area (TPSA) is 52.0 Å². The Morgan fingerprint density at radius 3 is 2.77 bits per heavy atom. The molecule has 1 saturated carbocycles. The Kier molecular flexibility index (Phi) is 4.65. The Balaban J connectivity index is 2.10. The number of nitrogens with zero attached hydrogens (tertiary/aromatic N) is 4. The minimum Gasteiger partial charge on any atom is -0.300 e. The molecule has 0 aromatic rings. The fourth-order valence-electron chi connectivity index (χ4n) is 1.59. The van der Waals surface area contributed by atoms with E-state index in [9.17, 15) is 0 Å². The molecule has 13 heavy (non-hydrogen) atoms. The summed E-state index contributed by atoms with van der Waals surface area (Å²) in [5.74, 6) is 0. The van der Waals surface area contributed by atoms with Gasteiger partial charge >= 0.3 is 0 Å². The van der Waals surface area contributed by atoms with Gasteiger partial charge in [0.2, 0.25) is 0 Å². The second-order valence-corrected chi connectivity index (χ2v) is 3.58. The van der Waals surface area contributed by atoms with E-state index in [2.05, 4.69) is 21.8 Å². The molecule has 1 fully saturated rings. The molecule has 1 aliphatic carbocycles. The highest BCUT2D eigenvalue weighted by Crippen LogP contribution is 2.26. The van der Waals surface area contributed by atoms with Crippen LogP contribution in [-0.4, -0.2) is 30.6 Å². The lowest BCUT2D eigenvalue weighted by Gasteiger charge is -2.20. The zero-order valence-electron chi connectivity index (χ0n) is 8.32. The van der Waals surface area contributed by atoms with Crippen LogP contribution in [0.1, 0.15) is 32.6 Å². The Bertz CT molecular complexity index is 182. The minimum absolute atomic E-state index is 0.642. The van der Waals surface area contributed by atoms with Crippen LogP contribution in [-0.2, 0) is 0 Å². The van der Waals surface area contributed by atoms with Gasteiger partial charge < -0.3 is 4.90 Å². The maximum atomic E-state index is 8.10. The Morgan fingerprint density at radius 2 is 2.23 bits per heavy atom. The normalized spacial score (nSPS) is 15.8. The third-order valence-corrected chi connectivity index (χ3v) is 2.34. The first-order valence-corrected chi connectivity index (χ1v) is 5.13. The van der Waals surface area contributed by atoms with E-state index in [1.54, 1.807) is 0 Å². The molecule has 0 aromatic carbocycles. The first-order chi connectivity index (χ1) is 6.38. The van der Waals surface area contributed by atoms with E-state index in [1.165, 1.54) is 25.8 Å². The summed E-state index contributed by atoms with van der Waals surface area (Å²) in [5, 5.41) is 3.54. The molecule has 0 N–H and O–H groups in total. The van der Waals surface area contributed by atoms with E-state index in [-0.39, 0.29) is 0 Å². The second kappa shape index (κ2) is 5.84. The highest BCUT2D eigenvalue weighted by molar-refractivity contribution is 4.84. The lowest BCUT2D eigenvalue weighted by Crippen LogP contribution is -2.28. The van der Waals surface area contributed by atoms with Gasteiger partial charge in [-0.1, -0.05) is 12.0 Å². The monoisotopic (exact) mass is 182 g/mol. The fourth-order valence-corrected chi connectivity index (χ4v) is 1.59. The molecule has 4 nitrogen and oxygen atoms in total. The molecule has 4 heteroatoms. The Labute approximate surface area is 79.5 Å². The van der Waals surface area contributed by atoms with Crippen LogP contribution < -0.4 is 0 Å². The van der Waals surface area contributed by atoms with E-state index in [0.29, 0.717) is 6.54 Å². The summed E-state index contributed by atoms with van der Waals surface area (Å²) in [6, 6.07) is 0.839. The van der Waals surface area contributed by atoms with E-state index in [0.717, 1.165) is 19.0 Å². The summed E-state index contributed by atoms with van der Waals surface area (Å²) >= 11 is 0. The highest BCUT2D eigenvalue weighted by Gasteiger charge is 2.27. The van der Waals surface area contributed by atoms with Crippen LogP contribution in [0.25, 0.3) is 10.4 Å². The van der Waals surface area contributed by atoms with Crippen molar-refractivity contribution in [2.45, 2.75) is 38.6 Å². The molecule has 0 radical (unpaired) electrons. The maximum Gasteiger partial charge on any atom is 0.0270 e. The van der Waals surface area contributed by atoms with Crippen molar-refractivity contribution >= 4 is 0 Å². The SMILES string of the molecule is CCCN(CCCN=[N+]=[N-])C1CC1. The van der Waals surface area contributed by atoms with Crippen LogP contribution in [0.15, 0.2) is 5.11 Å². The van der Waals surface area contributed by atoms with Crippen molar-refractivity contribution in [1.29, 1.82) is 0 Å². The minimum atomic E-state index is 0.642. The summed E-state index contributed by atoms with van der Waals surface area (Å²) in [6.45, 7) is 5.14. The van der Waals surface area contributed by atoms with Crippen LogP contribution >= 0.6 is 0 Å². The van der Waals surface area contributed by atoms with Gasteiger partial charge in [-0.2, -0.15) is 0 Å². The van der Waals surface area contributed by atoms with Gasteiger partial charge in [-0.25, -0.2) is 0 Å². The van der Waals surface area contributed by atoms with Gasteiger partial charge in [0.25, 0.3) is 0 Å². The summed E-state index contributed by atoms with van der Waals surface area (Å²) in [5.41, 5.74) is 8.10. The molecule has 0 aliphatic heterocycles. The van der Waals surface area contributed by atoms with Gasteiger partial charge in [-0.15, -0.1) is 0 Å².